The Kier molecular flexibility index (Phi) is 2.83. The third-order valence-electron chi connectivity index (χ3n) is 4.25. The molecule has 1 atom stereocenters. The lowest BCUT2D eigenvalue weighted by Gasteiger charge is -2.33. The first-order valence-corrected chi connectivity index (χ1v) is 6.68. The van der Waals surface area contributed by atoms with Gasteiger partial charge in [0.25, 0.3) is 0 Å². The highest BCUT2D eigenvalue weighted by molar-refractivity contribution is 7.09. The van der Waals surface area contributed by atoms with Crippen LogP contribution in [0.4, 0.5) is 0 Å². The number of aliphatic hydroxyl groups is 1. The van der Waals surface area contributed by atoms with Crippen LogP contribution in [0.3, 0.4) is 0 Å². The minimum atomic E-state index is -0.716. The van der Waals surface area contributed by atoms with Crippen LogP contribution >= 0.6 is 11.3 Å². The predicted molar refractivity (Wildman–Crippen MR) is 68.4 cm³/mol. The van der Waals surface area contributed by atoms with Gasteiger partial charge >= 0.3 is 0 Å². The fraction of sp³-hybridized carbons (Fsp3) is 0.615. The summed E-state index contributed by atoms with van der Waals surface area (Å²) in [5, 5.41) is 12.3. The minimum Gasteiger partial charge on any atom is -0.373 e. The number of amides is 1. The molecule has 0 aliphatic carbocycles. The Balaban J connectivity index is 2.28. The van der Waals surface area contributed by atoms with Crippen molar-refractivity contribution in [3.63, 3.8) is 0 Å². The van der Waals surface area contributed by atoms with Gasteiger partial charge in [0, 0.05) is 10.3 Å². The molecule has 0 bridgehead atoms. The molecule has 1 aliphatic rings. The molecule has 4 heteroatoms. The Morgan fingerprint density at radius 1 is 1.41 bits per heavy atom. The highest BCUT2D eigenvalue weighted by Gasteiger charge is 2.58. The molecule has 1 saturated heterocycles. The van der Waals surface area contributed by atoms with E-state index in [4.69, 9.17) is 0 Å². The molecular formula is C13H19NO2S. The van der Waals surface area contributed by atoms with Crippen LogP contribution in [0.2, 0.25) is 0 Å². The molecule has 1 fully saturated rings. The van der Waals surface area contributed by atoms with Gasteiger partial charge in [0.1, 0.15) is 6.23 Å². The van der Waals surface area contributed by atoms with E-state index in [1.54, 1.807) is 16.2 Å². The summed E-state index contributed by atoms with van der Waals surface area (Å²) in [7, 11) is 0. The average Bonchev–Trinajstić information content (AvgIpc) is 2.79. The molecule has 1 amide bonds. The van der Waals surface area contributed by atoms with Gasteiger partial charge in [-0.05, 0) is 11.4 Å². The van der Waals surface area contributed by atoms with E-state index >= 15 is 0 Å². The van der Waals surface area contributed by atoms with E-state index in [0.717, 1.165) is 4.88 Å². The van der Waals surface area contributed by atoms with Gasteiger partial charge in [0.2, 0.25) is 5.91 Å². The summed E-state index contributed by atoms with van der Waals surface area (Å²) in [6, 6.07) is 3.95. The molecule has 0 radical (unpaired) electrons. The van der Waals surface area contributed by atoms with Crippen LogP contribution in [0.15, 0.2) is 17.5 Å². The lowest BCUT2D eigenvalue weighted by molar-refractivity contribution is -0.139. The average molecular weight is 253 g/mol. The molecule has 2 heterocycles. The Labute approximate surface area is 106 Å². The van der Waals surface area contributed by atoms with E-state index in [1.165, 1.54) is 0 Å². The summed E-state index contributed by atoms with van der Waals surface area (Å²) in [6.07, 6.45) is -0.716. The zero-order valence-corrected chi connectivity index (χ0v) is 11.5. The zero-order valence-electron chi connectivity index (χ0n) is 10.7. The fourth-order valence-electron chi connectivity index (χ4n) is 2.19. The predicted octanol–water partition coefficient (Wildman–Crippen LogP) is 2.46. The molecule has 1 N–H and O–H groups in total. The second kappa shape index (κ2) is 3.82. The highest BCUT2D eigenvalue weighted by atomic mass is 32.1. The quantitative estimate of drug-likeness (QED) is 0.879. The summed E-state index contributed by atoms with van der Waals surface area (Å²) in [5.74, 6) is 0.0309. The second-order valence-electron chi connectivity index (χ2n) is 5.73. The number of aliphatic hydroxyl groups excluding tert-OH is 1. The van der Waals surface area contributed by atoms with Crippen molar-refractivity contribution in [1.82, 2.24) is 4.90 Å². The molecule has 1 aromatic rings. The summed E-state index contributed by atoms with van der Waals surface area (Å²) >= 11 is 1.61. The van der Waals surface area contributed by atoms with Crippen molar-refractivity contribution in [2.45, 2.75) is 40.5 Å². The molecule has 1 aliphatic heterocycles. The van der Waals surface area contributed by atoms with Crippen molar-refractivity contribution in [3.05, 3.63) is 22.4 Å². The minimum absolute atomic E-state index is 0.0309. The first-order valence-electron chi connectivity index (χ1n) is 5.80. The molecule has 1 aromatic heterocycles. The number of hydrogen-bond donors (Lipinski definition) is 1. The van der Waals surface area contributed by atoms with Gasteiger partial charge in [-0.25, -0.2) is 0 Å². The van der Waals surface area contributed by atoms with Gasteiger partial charge in [0.05, 0.1) is 12.0 Å². The van der Waals surface area contributed by atoms with Gasteiger partial charge in [0.15, 0.2) is 0 Å². The van der Waals surface area contributed by atoms with Crippen molar-refractivity contribution in [3.8, 4) is 0 Å². The van der Waals surface area contributed by atoms with E-state index < -0.39 is 17.1 Å². The van der Waals surface area contributed by atoms with E-state index in [0.29, 0.717) is 6.54 Å². The number of nitrogens with zero attached hydrogens (tertiary/aromatic N) is 1. The van der Waals surface area contributed by atoms with E-state index in [1.807, 2.05) is 45.2 Å². The summed E-state index contributed by atoms with van der Waals surface area (Å²) in [4.78, 5) is 15.0. The summed E-state index contributed by atoms with van der Waals surface area (Å²) < 4.78 is 0. The number of carbonyl (C=O) groups is 1. The molecular weight excluding hydrogens is 234 g/mol. The molecule has 1 unspecified atom stereocenters. The highest BCUT2D eigenvalue weighted by Crippen LogP contribution is 2.50. The normalized spacial score (nSPS) is 26.5. The van der Waals surface area contributed by atoms with Gasteiger partial charge in [-0.2, -0.15) is 0 Å². The van der Waals surface area contributed by atoms with Crippen LogP contribution < -0.4 is 0 Å². The van der Waals surface area contributed by atoms with Gasteiger partial charge in [-0.3, -0.25) is 4.79 Å². The number of thiophene rings is 1. The van der Waals surface area contributed by atoms with Crippen molar-refractivity contribution in [2.24, 2.45) is 10.8 Å². The van der Waals surface area contributed by atoms with Gasteiger partial charge in [-0.15, -0.1) is 11.3 Å². The van der Waals surface area contributed by atoms with Crippen LogP contribution in [-0.2, 0) is 11.3 Å². The number of rotatable bonds is 2. The molecule has 0 saturated carbocycles. The maximum Gasteiger partial charge on any atom is 0.231 e. The molecule has 17 heavy (non-hydrogen) atoms. The van der Waals surface area contributed by atoms with Gasteiger partial charge < -0.3 is 10.0 Å². The largest absolute Gasteiger partial charge is 0.373 e. The first-order chi connectivity index (χ1) is 7.78. The Morgan fingerprint density at radius 2 is 2.06 bits per heavy atom. The molecule has 2 rings (SSSR count). The van der Waals surface area contributed by atoms with E-state index in [9.17, 15) is 9.90 Å². The van der Waals surface area contributed by atoms with Crippen LogP contribution in [0.5, 0.6) is 0 Å². The monoisotopic (exact) mass is 253 g/mol. The third kappa shape index (κ3) is 1.70. The third-order valence-corrected chi connectivity index (χ3v) is 5.11. The molecule has 0 spiro atoms. The molecule has 94 valence electrons. The Hall–Kier alpha value is -0.870. The topological polar surface area (TPSA) is 40.5 Å². The Bertz CT molecular complexity index is 423. The van der Waals surface area contributed by atoms with E-state index in [2.05, 4.69) is 0 Å². The van der Waals surface area contributed by atoms with Crippen molar-refractivity contribution in [1.29, 1.82) is 0 Å². The van der Waals surface area contributed by atoms with Gasteiger partial charge in [-0.1, -0.05) is 33.8 Å². The van der Waals surface area contributed by atoms with Crippen molar-refractivity contribution < 1.29 is 9.90 Å². The maximum atomic E-state index is 12.3. The summed E-state index contributed by atoms with van der Waals surface area (Å²) in [5.41, 5.74) is -0.953. The standard InChI is InChI=1S/C13H19NO2S/c1-12(2)10(15)14(11(16)13(12,3)4)8-9-6-5-7-17-9/h5-7,10,15H,8H2,1-4H3. The lowest BCUT2D eigenvalue weighted by Crippen LogP contribution is -2.38. The lowest BCUT2D eigenvalue weighted by atomic mass is 9.69. The Morgan fingerprint density at radius 3 is 2.47 bits per heavy atom. The zero-order chi connectivity index (χ0) is 12.8. The number of hydrogen-bond acceptors (Lipinski definition) is 3. The molecule has 0 aromatic carbocycles. The fourth-order valence-corrected chi connectivity index (χ4v) is 2.89. The van der Waals surface area contributed by atoms with E-state index in [-0.39, 0.29) is 5.91 Å². The maximum absolute atomic E-state index is 12.3. The SMILES string of the molecule is CC1(C)C(=O)N(Cc2cccs2)C(O)C1(C)C. The van der Waals surface area contributed by atoms with Crippen LogP contribution in [0.25, 0.3) is 0 Å². The van der Waals surface area contributed by atoms with Crippen LogP contribution in [0, 0.1) is 10.8 Å². The second-order valence-corrected chi connectivity index (χ2v) is 6.77. The smallest absolute Gasteiger partial charge is 0.231 e. The number of likely N-dealkylation sites (tertiary alicyclic amines) is 1. The number of carbonyl (C=O) groups excluding carboxylic acids is 1. The van der Waals surface area contributed by atoms with Crippen molar-refractivity contribution >= 4 is 17.2 Å². The summed E-state index contributed by atoms with van der Waals surface area (Å²) in [6.45, 7) is 8.22. The van der Waals surface area contributed by atoms with Crippen LogP contribution in [-0.4, -0.2) is 22.1 Å². The first kappa shape index (κ1) is 12.6. The van der Waals surface area contributed by atoms with Crippen molar-refractivity contribution in [2.75, 3.05) is 0 Å². The molecule has 3 nitrogen and oxygen atoms in total. The van der Waals surface area contributed by atoms with Crippen LogP contribution in [0.1, 0.15) is 32.6 Å².